The Labute approximate surface area is 178 Å². The van der Waals surface area contributed by atoms with E-state index >= 15 is 0 Å². The SMILES string of the molecule is COCCCNC(=O)N1CCCN(S(C)(=O)=O)C(c2ccccc2)CC(=O)NCC1. The first-order valence-corrected chi connectivity index (χ1v) is 12.0. The molecule has 1 fully saturated rings. The molecule has 30 heavy (non-hydrogen) atoms. The predicted octanol–water partition coefficient (Wildman–Crippen LogP) is 0.947. The quantitative estimate of drug-likeness (QED) is 0.641. The van der Waals surface area contributed by atoms with Crippen molar-refractivity contribution in [1.29, 1.82) is 0 Å². The summed E-state index contributed by atoms with van der Waals surface area (Å²) in [6, 6.07) is 8.34. The molecule has 1 aliphatic rings. The van der Waals surface area contributed by atoms with E-state index in [9.17, 15) is 18.0 Å². The van der Waals surface area contributed by atoms with Crippen LogP contribution in [0.15, 0.2) is 30.3 Å². The third-order valence-electron chi connectivity index (χ3n) is 4.94. The normalized spacial score (nSPS) is 19.6. The predicted molar refractivity (Wildman–Crippen MR) is 114 cm³/mol. The van der Waals surface area contributed by atoms with Crippen LogP contribution in [0, 0.1) is 0 Å². The minimum absolute atomic E-state index is 0.0281. The average Bonchev–Trinajstić information content (AvgIpc) is 2.74. The number of sulfonamides is 1. The molecule has 10 heteroatoms. The van der Waals surface area contributed by atoms with Gasteiger partial charge in [-0.2, -0.15) is 4.31 Å². The number of rotatable bonds is 6. The van der Waals surface area contributed by atoms with Crippen molar-refractivity contribution in [3.8, 4) is 0 Å². The van der Waals surface area contributed by atoms with Gasteiger partial charge in [0.15, 0.2) is 0 Å². The standard InChI is InChI=1S/C20H32N4O5S/c1-29-15-6-10-22-20(26)23-12-7-13-24(30(2,27)28)18(16-19(25)21-11-14-23)17-8-4-3-5-9-17/h3-5,8-9,18H,6-7,10-16H2,1-2H3,(H,21,25)(H,22,26). The van der Waals surface area contributed by atoms with E-state index in [0.717, 1.165) is 11.8 Å². The Balaban J connectivity index is 2.15. The zero-order chi connectivity index (χ0) is 22.0. The van der Waals surface area contributed by atoms with Gasteiger partial charge in [-0.25, -0.2) is 13.2 Å². The number of carbonyl (C=O) groups is 2. The summed E-state index contributed by atoms with van der Waals surface area (Å²) < 4.78 is 31.4. The fraction of sp³-hybridized carbons (Fsp3) is 0.600. The number of urea groups is 1. The van der Waals surface area contributed by atoms with Crippen molar-refractivity contribution >= 4 is 22.0 Å². The van der Waals surface area contributed by atoms with Crippen molar-refractivity contribution in [1.82, 2.24) is 19.8 Å². The number of benzene rings is 1. The van der Waals surface area contributed by atoms with E-state index < -0.39 is 16.1 Å². The molecule has 1 aromatic carbocycles. The first kappa shape index (κ1) is 24.1. The minimum Gasteiger partial charge on any atom is -0.385 e. The van der Waals surface area contributed by atoms with Gasteiger partial charge in [0.1, 0.15) is 0 Å². The molecule has 0 spiro atoms. The molecule has 2 rings (SSSR count). The van der Waals surface area contributed by atoms with Crippen LogP contribution < -0.4 is 10.6 Å². The van der Waals surface area contributed by atoms with E-state index in [0.29, 0.717) is 45.6 Å². The summed E-state index contributed by atoms with van der Waals surface area (Å²) in [5, 5.41) is 5.65. The van der Waals surface area contributed by atoms with Gasteiger partial charge in [-0.05, 0) is 18.4 Å². The van der Waals surface area contributed by atoms with Crippen LogP contribution in [0.5, 0.6) is 0 Å². The van der Waals surface area contributed by atoms with Crippen LogP contribution in [0.4, 0.5) is 4.79 Å². The number of ether oxygens (including phenoxy) is 1. The van der Waals surface area contributed by atoms with E-state index in [4.69, 9.17) is 4.74 Å². The van der Waals surface area contributed by atoms with E-state index in [1.165, 1.54) is 4.31 Å². The average molecular weight is 441 g/mol. The highest BCUT2D eigenvalue weighted by Crippen LogP contribution is 2.27. The largest absolute Gasteiger partial charge is 0.385 e. The first-order valence-electron chi connectivity index (χ1n) is 10.1. The van der Waals surface area contributed by atoms with Gasteiger partial charge in [0.25, 0.3) is 0 Å². The second-order valence-electron chi connectivity index (χ2n) is 7.27. The van der Waals surface area contributed by atoms with Gasteiger partial charge in [0.05, 0.1) is 12.3 Å². The number of carbonyl (C=O) groups excluding carboxylic acids is 2. The maximum absolute atomic E-state index is 12.5. The van der Waals surface area contributed by atoms with Crippen molar-refractivity contribution in [3.63, 3.8) is 0 Å². The van der Waals surface area contributed by atoms with E-state index in [-0.39, 0.29) is 24.9 Å². The topological polar surface area (TPSA) is 108 Å². The zero-order valence-corrected chi connectivity index (χ0v) is 18.5. The number of nitrogens with one attached hydrogen (secondary N) is 2. The zero-order valence-electron chi connectivity index (χ0n) is 17.7. The molecule has 0 bridgehead atoms. The highest BCUT2D eigenvalue weighted by Gasteiger charge is 2.30. The van der Waals surface area contributed by atoms with Crippen molar-refractivity contribution in [2.75, 3.05) is 52.7 Å². The van der Waals surface area contributed by atoms with Crippen LogP contribution in [0.1, 0.15) is 30.9 Å². The molecule has 1 saturated heterocycles. The minimum atomic E-state index is -3.56. The molecule has 1 atom stereocenters. The van der Waals surface area contributed by atoms with E-state index in [2.05, 4.69) is 10.6 Å². The fourth-order valence-corrected chi connectivity index (χ4v) is 4.57. The van der Waals surface area contributed by atoms with Crippen molar-refractivity contribution in [3.05, 3.63) is 35.9 Å². The summed E-state index contributed by atoms with van der Waals surface area (Å²) in [5.41, 5.74) is 0.769. The van der Waals surface area contributed by atoms with Crippen LogP contribution in [-0.4, -0.2) is 82.3 Å². The molecular weight excluding hydrogens is 408 g/mol. The molecule has 2 N–H and O–H groups in total. The summed E-state index contributed by atoms with van der Waals surface area (Å²) in [6.45, 7) is 2.32. The summed E-state index contributed by atoms with van der Waals surface area (Å²) in [4.78, 5) is 26.6. The Kier molecular flexibility index (Phi) is 9.54. The third-order valence-corrected chi connectivity index (χ3v) is 6.22. The monoisotopic (exact) mass is 440 g/mol. The molecule has 0 aromatic heterocycles. The Morgan fingerprint density at radius 1 is 1.23 bits per heavy atom. The molecule has 0 radical (unpaired) electrons. The van der Waals surface area contributed by atoms with Crippen LogP contribution in [0.25, 0.3) is 0 Å². The first-order chi connectivity index (χ1) is 14.3. The van der Waals surface area contributed by atoms with Gasteiger partial charge < -0.3 is 20.3 Å². The van der Waals surface area contributed by atoms with Gasteiger partial charge in [0, 0.05) is 52.9 Å². The summed E-state index contributed by atoms with van der Waals surface area (Å²) in [7, 11) is -1.96. The van der Waals surface area contributed by atoms with Crippen molar-refractivity contribution in [2.24, 2.45) is 0 Å². The molecular formula is C20H32N4O5S. The van der Waals surface area contributed by atoms with Gasteiger partial charge in [-0.1, -0.05) is 30.3 Å². The highest BCUT2D eigenvalue weighted by atomic mass is 32.2. The lowest BCUT2D eigenvalue weighted by Crippen LogP contribution is -2.45. The van der Waals surface area contributed by atoms with Crippen LogP contribution >= 0.6 is 0 Å². The fourth-order valence-electron chi connectivity index (χ4n) is 3.45. The molecule has 1 unspecified atom stereocenters. The second-order valence-corrected chi connectivity index (χ2v) is 9.21. The highest BCUT2D eigenvalue weighted by molar-refractivity contribution is 7.88. The molecule has 1 heterocycles. The lowest BCUT2D eigenvalue weighted by atomic mass is 10.0. The van der Waals surface area contributed by atoms with Gasteiger partial charge >= 0.3 is 6.03 Å². The number of amides is 3. The second kappa shape index (κ2) is 11.9. The molecule has 0 aliphatic carbocycles. The molecule has 3 amide bonds. The maximum atomic E-state index is 12.5. The lowest BCUT2D eigenvalue weighted by molar-refractivity contribution is -0.122. The van der Waals surface area contributed by atoms with Gasteiger partial charge in [-0.15, -0.1) is 0 Å². The Hall–Kier alpha value is -2.17. The number of hydrogen-bond donors (Lipinski definition) is 2. The molecule has 0 saturated carbocycles. The Morgan fingerprint density at radius 3 is 2.63 bits per heavy atom. The molecule has 1 aliphatic heterocycles. The molecule has 1 aromatic rings. The van der Waals surface area contributed by atoms with E-state index in [1.54, 1.807) is 12.0 Å². The summed E-state index contributed by atoms with van der Waals surface area (Å²) in [5.74, 6) is -0.250. The van der Waals surface area contributed by atoms with Crippen LogP contribution in [0.2, 0.25) is 0 Å². The van der Waals surface area contributed by atoms with Crippen LogP contribution in [-0.2, 0) is 19.6 Å². The van der Waals surface area contributed by atoms with Crippen LogP contribution in [0.3, 0.4) is 0 Å². The van der Waals surface area contributed by atoms with Gasteiger partial charge in [0.2, 0.25) is 15.9 Å². The van der Waals surface area contributed by atoms with Gasteiger partial charge in [-0.3, -0.25) is 4.79 Å². The molecule has 168 valence electrons. The third kappa shape index (κ3) is 7.58. The number of hydrogen-bond acceptors (Lipinski definition) is 5. The summed E-state index contributed by atoms with van der Waals surface area (Å²) in [6.07, 6.45) is 2.35. The lowest BCUT2D eigenvalue weighted by Gasteiger charge is -2.30. The number of methoxy groups -OCH3 is 1. The molecule has 9 nitrogen and oxygen atoms in total. The summed E-state index contributed by atoms with van der Waals surface area (Å²) >= 11 is 0. The maximum Gasteiger partial charge on any atom is 0.317 e. The van der Waals surface area contributed by atoms with Crippen molar-refractivity contribution in [2.45, 2.75) is 25.3 Å². The Morgan fingerprint density at radius 2 is 1.97 bits per heavy atom. The number of nitrogens with zero attached hydrogens (tertiary/aromatic N) is 2. The van der Waals surface area contributed by atoms with E-state index in [1.807, 2.05) is 30.3 Å². The Bertz CT molecular complexity index is 788. The smallest absolute Gasteiger partial charge is 0.317 e. The van der Waals surface area contributed by atoms with Crippen molar-refractivity contribution < 1.29 is 22.7 Å².